The number of carbonyl (C=O) groups is 1. The minimum absolute atomic E-state index is 0.0399. The standard InChI is InChI=1S/C17H17N3OS2/c1-3-20(11-13-7-6-10-22-13)17(21)15-12(2)19-16(23-15)14-8-4-5-9-18-14/h4-10H,3,11H2,1-2H3. The molecule has 0 unspecified atom stereocenters. The van der Waals surface area contributed by atoms with Crippen molar-refractivity contribution >= 4 is 28.6 Å². The number of hydrogen-bond donors (Lipinski definition) is 0. The molecule has 0 aromatic carbocycles. The third-order valence-corrected chi connectivity index (χ3v) is 5.50. The van der Waals surface area contributed by atoms with Crippen molar-refractivity contribution in [2.75, 3.05) is 6.54 Å². The van der Waals surface area contributed by atoms with Gasteiger partial charge in [0.1, 0.15) is 9.88 Å². The van der Waals surface area contributed by atoms with Crippen LogP contribution in [0.5, 0.6) is 0 Å². The van der Waals surface area contributed by atoms with Crippen LogP contribution in [0.15, 0.2) is 41.9 Å². The molecule has 0 aliphatic rings. The number of carbonyl (C=O) groups excluding carboxylic acids is 1. The second kappa shape index (κ2) is 7.02. The molecule has 0 bridgehead atoms. The van der Waals surface area contributed by atoms with Crippen LogP contribution >= 0.6 is 22.7 Å². The molecule has 1 amide bonds. The van der Waals surface area contributed by atoms with E-state index in [9.17, 15) is 4.79 Å². The lowest BCUT2D eigenvalue weighted by Crippen LogP contribution is -2.29. The van der Waals surface area contributed by atoms with E-state index in [0.717, 1.165) is 16.4 Å². The summed E-state index contributed by atoms with van der Waals surface area (Å²) in [5, 5.41) is 2.82. The smallest absolute Gasteiger partial charge is 0.266 e. The zero-order valence-electron chi connectivity index (χ0n) is 13.0. The zero-order valence-corrected chi connectivity index (χ0v) is 14.7. The van der Waals surface area contributed by atoms with Gasteiger partial charge in [0.25, 0.3) is 5.91 Å². The first-order valence-corrected chi connectivity index (χ1v) is 9.09. The summed E-state index contributed by atoms with van der Waals surface area (Å²) in [6.45, 7) is 5.20. The van der Waals surface area contributed by atoms with Gasteiger partial charge < -0.3 is 4.90 Å². The van der Waals surface area contributed by atoms with E-state index in [0.29, 0.717) is 18.0 Å². The molecule has 3 aromatic heterocycles. The van der Waals surface area contributed by atoms with Gasteiger partial charge in [0, 0.05) is 17.6 Å². The number of thiophene rings is 1. The van der Waals surface area contributed by atoms with Crippen molar-refractivity contribution < 1.29 is 4.79 Å². The average molecular weight is 343 g/mol. The van der Waals surface area contributed by atoms with Crippen molar-refractivity contribution in [3.05, 3.63) is 57.4 Å². The van der Waals surface area contributed by atoms with Gasteiger partial charge in [0.05, 0.1) is 17.9 Å². The molecule has 118 valence electrons. The predicted molar refractivity (Wildman–Crippen MR) is 94.8 cm³/mol. The summed E-state index contributed by atoms with van der Waals surface area (Å²) in [5.41, 5.74) is 1.58. The van der Waals surface area contributed by atoms with Crippen LogP contribution in [0.4, 0.5) is 0 Å². The van der Waals surface area contributed by atoms with Crippen LogP contribution < -0.4 is 0 Å². The van der Waals surface area contributed by atoms with Crippen molar-refractivity contribution in [3.63, 3.8) is 0 Å². The van der Waals surface area contributed by atoms with Gasteiger partial charge in [-0.1, -0.05) is 12.1 Å². The molecule has 0 fully saturated rings. The van der Waals surface area contributed by atoms with Crippen molar-refractivity contribution in [3.8, 4) is 10.7 Å². The number of hydrogen-bond acceptors (Lipinski definition) is 5. The van der Waals surface area contributed by atoms with Crippen LogP contribution in [-0.4, -0.2) is 27.3 Å². The Morgan fingerprint density at radius 1 is 1.26 bits per heavy atom. The lowest BCUT2D eigenvalue weighted by atomic mass is 10.3. The number of aryl methyl sites for hydroxylation is 1. The van der Waals surface area contributed by atoms with Crippen molar-refractivity contribution in [2.45, 2.75) is 20.4 Å². The van der Waals surface area contributed by atoms with Crippen LogP contribution in [0.3, 0.4) is 0 Å². The highest BCUT2D eigenvalue weighted by Gasteiger charge is 2.21. The topological polar surface area (TPSA) is 46.1 Å². The Balaban J connectivity index is 1.85. The number of aromatic nitrogens is 2. The Kier molecular flexibility index (Phi) is 4.83. The molecule has 3 heterocycles. The summed E-state index contributed by atoms with van der Waals surface area (Å²) in [7, 11) is 0. The molecule has 3 rings (SSSR count). The van der Waals surface area contributed by atoms with Crippen LogP contribution in [-0.2, 0) is 6.54 Å². The third-order valence-electron chi connectivity index (χ3n) is 3.47. The fraction of sp³-hybridized carbons (Fsp3) is 0.235. The quantitative estimate of drug-likeness (QED) is 0.696. The highest BCUT2D eigenvalue weighted by molar-refractivity contribution is 7.17. The van der Waals surface area contributed by atoms with E-state index in [4.69, 9.17) is 0 Å². The first-order valence-electron chi connectivity index (χ1n) is 7.39. The van der Waals surface area contributed by atoms with E-state index >= 15 is 0 Å². The minimum Gasteiger partial charge on any atom is -0.333 e. The molecule has 0 saturated carbocycles. The highest BCUT2D eigenvalue weighted by Crippen LogP contribution is 2.28. The Morgan fingerprint density at radius 3 is 2.78 bits per heavy atom. The Morgan fingerprint density at radius 2 is 2.13 bits per heavy atom. The van der Waals surface area contributed by atoms with Crippen LogP contribution in [0.25, 0.3) is 10.7 Å². The maximum Gasteiger partial charge on any atom is 0.266 e. The first-order chi connectivity index (χ1) is 11.2. The second-order valence-corrected chi connectivity index (χ2v) is 7.08. The lowest BCUT2D eigenvalue weighted by Gasteiger charge is -2.19. The summed E-state index contributed by atoms with van der Waals surface area (Å²) in [6, 6.07) is 9.77. The molecular formula is C17H17N3OS2. The van der Waals surface area contributed by atoms with Gasteiger partial charge in [0.15, 0.2) is 0 Å². The number of amides is 1. The van der Waals surface area contributed by atoms with Crippen LogP contribution in [0, 0.1) is 6.92 Å². The number of nitrogens with zero attached hydrogens (tertiary/aromatic N) is 3. The second-order valence-electron chi connectivity index (χ2n) is 5.05. The highest BCUT2D eigenvalue weighted by atomic mass is 32.1. The summed E-state index contributed by atoms with van der Waals surface area (Å²) in [5.74, 6) is 0.0399. The first kappa shape index (κ1) is 15.8. The monoisotopic (exact) mass is 343 g/mol. The number of pyridine rings is 1. The minimum atomic E-state index is 0.0399. The normalized spacial score (nSPS) is 10.7. The summed E-state index contributed by atoms with van der Waals surface area (Å²) >= 11 is 3.08. The molecule has 3 aromatic rings. The largest absolute Gasteiger partial charge is 0.333 e. The Hall–Kier alpha value is -2.05. The van der Waals surface area contributed by atoms with E-state index in [1.54, 1.807) is 17.5 Å². The Labute approximate surface area is 143 Å². The van der Waals surface area contributed by atoms with Crippen molar-refractivity contribution in [1.82, 2.24) is 14.9 Å². The predicted octanol–water partition coefficient (Wildman–Crippen LogP) is 4.24. The number of rotatable bonds is 5. The van der Waals surface area contributed by atoms with Crippen LogP contribution in [0.1, 0.15) is 27.2 Å². The fourth-order valence-corrected chi connectivity index (χ4v) is 3.99. The van der Waals surface area contributed by atoms with Gasteiger partial charge in [-0.05, 0) is 37.4 Å². The molecule has 0 saturated heterocycles. The van der Waals surface area contributed by atoms with Gasteiger partial charge in [-0.15, -0.1) is 22.7 Å². The summed E-state index contributed by atoms with van der Waals surface area (Å²) in [6.07, 6.45) is 1.74. The summed E-state index contributed by atoms with van der Waals surface area (Å²) < 4.78 is 0. The molecule has 6 heteroatoms. The van der Waals surface area contributed by atoms with Gasteiger partial charge in [0.2, 0.25) is 0 Å². The summed E-state index contributed by atoms with van der Waals surface area (Å²) in [4.78, 5) is 25.4. The lowest BCUT2D eigenvalue weighted by molar-refractivity contribution is 0.0758. The zero-order chi connectivity index (χ0) is 16.2. The van der Waals surface area contributed by atoms with Crippen LogP contribution in [0.2, 0.25) is 0 Å². The Bertz CT molecular complexity index is 782. The molecule has 0 N–H and O–H groups in total. The molecule has 0 radical (unpaired) electrons. The van der Waals surface area contributed by atoms with Crippen molar-refractivity contribution in [2.24, 2.45) is 0 Å². The number of thiazole rings is 1. The molecule has 0 spiro atoms. The van der Waals surface area contributed by atoms with Crippen molar-refractivity contribution in [1.29, 1.82) is 0 Å². The van der Waals surface area contributed by atoms with E-state index in [1.807, 2.05) is 48.4 Å². The third kappa shape index (κ3) is 3.48. The molecule has 0 aliphatic heterocycles. The van der Waals surface area contributed by atoms with Gasteiger partial charge in [-0.2, -0.15) is 0 Å². The maximum absolute atomic E-state index is 12.8. The van der Waals surface area contributed by atoms with E-state index in [-0.39, 0.29) is 5.91 Å². The molecule has 0 atom stereocenters. The molecular weight excluding hydrogens is 326 g/mol. The van der Waals surface area contributed by atoms with Gasteiger partial charge in [-0.3, -0.25) is 9.78 Å². The fourth-order valence-electron chi connectivity index (χ4n) is 2.26. The van der Waals surface area contributed by atoms with Gasteiger partial charge >= 0.3 is 0 Å². The van der Waals surface area contributed by atoms with Gasteiger partial charge in [-0.25, -0.2) is 4.98 Å². The molecule has 23 heavy (non-hydrogen) atoms. The SMILES string of the molecule is CCN(Cc1cccs1)C(=O)c1sc(-c2ccccn2)nc1C. The molecule has 0 aliphatic carbocycles. The van der Waals surface area contributed by atoms with E-state index in [2.05, 4.69) is 16.0 Å². The maximum atomic E-state index is 12.8. The van der Waals surface area contributed by atoms with E-state index in [1.165, 1.54) is 16.2 Å². The van der Waals surface area contributed by atoms with E-state index < -0.39 is 0 Å². The molecule has 4 nitrogen and oxygen atoms in total. The average Bonchev–Trinajstić information content (AvgIpc) is 3.22.